The third kappa shape index (κ3) is 4.82. The first-order valence-corrected chi connectivity index (χ1v) is 6.89. The Morgan fingerprint density at radius 1 is 1.27 bits per heavy atom. The molecule has 122 valence electrons. The number of aliphatic imine (C=N–C) groups is 1. The minimum absolute atomic E-state index is 0. The van der Waals surface area contributed by atoms with Crippen molar-refractivity contribution in [3.8, 4) is 0 Å². The predicted octanol–water partition coefficient (Wildman–Crippen LogP) is 3.68. The van der Waals surface area contributed by atoms with Crippen LogP contribution in [0.15, 0.2) is 33.7 Å². The maximum atomic E-state index is 12.2. The monoisotopic (exact) mass is 423 g/mol. The quantitative estimate of drug-likeness (QED) is 0.439. The standard InChI is InChI=1S/C15H19F2N3O.HI/c1-3-18-15(20-9-14(16)17)19-8-13-10(2)11-6-4-5-7-12(11)21-13;/h4-7,14H,3,8-9H2,1-2H3,(H2,18,19,20);1H. The minimum atomic E-state index is -2.42. The molecule has 0 aliphatic carbocycles. The normalized spacial score (nSPS) is 11.6. The van der Waals surface area contributed by atoms with Gasteiger partial charge in [0.2, 0.25) is 0 Å². The van der Waals surface area contributed by atoms with Gasteiger partial charge in [-0.1, -0.05) is 18.2 Å². The van der Waals surface area contributed by atoms with Crippen molar-refractivity contribution in [1.29, 1.82) is 0 Å². The van der Waals surface area contributed by atoms with E-state index in [9.17, 15) is 8.78 Å². The smallest absolute Gasteiger partial charge is 0.255 e. The van der Waals surface area contributed by atoms with Gasteiger partial charge in [-0.2, -0.15) is 0 Å². The summed E-state index contributed by atoms with van der Waals surface area (Å²) in [6, 6.07) is 7.75. The molecule has 4 nitrogen and oxygen atoms in total. The van der Waals surface area contributed by atoms with Crippen LogP contribution >= 0.6 is 24.0 Å². The van der Waals surface area contributed by atoms with E-state index < -0.39 is 13.0 Å². The number of hydrogen-bond donors (Lipinski definition) is 2. The number of benzene rings is 1. The highest BCUT2D eigenvalue weighted by Gasteiger charge is 2.10. The zero-order valence-electron chi connectivity index (χ0n) is 12.5. The molecule has 0 unspecified atom stereocenters. The molecule has 0 spiro atoms. The largest absolute Gasteiger partial charge is 0.459 e. The minimum Gasteiger partial charge on any atom is -0.459 e. The molecule has 1 aromatic heterocycles. The first-order chi connectivity index (χ1) is 10.1. The topological polar surface area (TPSA) is 49.6 Å². The Bertz CT molecular complexity index is 628. The highest BCUT2D eigenvalue weighted by Crippen LogP contribution is 2.25. The molecule has 0 aliphatic rings. The molecule has 1 aromatic carbocycles. The molecule has 0 amide bonds. The summed E-state index contributed by atoms with van der Waals surface area (Å²) in [5, 5.41) is 6.57. The molecular weight excluding hydrogens is 403 g/mol. The summed E-state index contributed by atoms with van der Waals surface area (Å²) in [6.07, 6.45) is -2.42. The molecule has 2 aromatic rings. The van der Waals surface area contributed by atoms with E-state index in [0.29, 0.717) is 19.0 Å². The van der Waals surface area contributed by atoms with Crippen LogP contribution in [0.2, 0.25) is 0 Å². The first-order valence-electron chi connectivity index (χ1n) is 6.89. The van der Waals surface area contributed by atoms with Crippen molar-refractivity contribution in [2.24, 2.45) is 4.99 Å². The van der Waals surface area contributed by atoms with E-state index in [0.717, 1.165) is 22.3 Å². The second kappa shape index (κ2) is 8.92. The van der Waals surface area contributed by atoms with Crippen LogP contribution in [0.4, 0.5) is 8.78 Å². The van der Waals surface area contributed by atoms with Crippen molar-refractivity contribution in [2.45, 2.75) is 26.8 Å². The summed E-state index contributed by atoms with van der Waals surface area (Å²) >= 11 is 0. The van der Waals surface area contributed by atoms with Crippen LogP contribution < -0.4 is 10.6 Å². The third-order valence-corrected chi connectivity index (χ3v) is 3.09. The third-order valence-electron chi connectivity index (χ3n) is 3.09. The van der Waals surface area contributed by atoms with Gasteiger partial charge in [-0.05, 0) is 19.9 Å². The average molecular weight is 423 g/mol. The first kappa shape index (κ1) is 18.7. The van der Waals surface area contributed by atoms with E-state index in [1.165, 1.54) is 0 Å². The molecule has 2 N–H and O–H groups in total. The van der Waals surface area contributed by atoms with Crippen LogP contribution in [-0.2, 0) is 6.54 Å². The Hall–Kier alpha value is -1.38. The highest BCUT2D eigenvalue weighted by atomic mass is 127. The molecule has 0 bridgehead atoms. The molecule has 0 fully saturated rings. The predicted molar refractivity (Wildman–Crippen MR) is 95.2 cm³/mol. The molecule has 0 saturated carbocycles. The van der Waals surface area contributed by atoms with Crippen LogP contribution in [0.25, 0.3) is 11.0 Å². The summed E-state index contributed by atoms with van der Waals surface area (Å²) in [6.45, 7) is 4.33. The van der Waals surface area contributed by atoms with Crippen LogP contribution in [0, 0.1) is 6.92 Å². The van der Waals surface area contributed by atoms with E-state index >= 15 is 0 Å². The van der Waals surface area contributed by atoms with Crippen LogP contribution in [0.1, 0.15) is 18.2 Å². The number of nitrogens with zero attached hydrogens (tertiary/aromatic N) is 1. The Balaban J connectivity index is 0.00000242. The summed E-state index contributed by atoms with van der Waals surface area (Å²) < 4.78 is 30.2. The number of nitrogens with one attached hydrogen (secondary N) is 2. The fraction of sp³-hybridized carbons (Fsp3) is 0.400. The summed E-state index contributed by atoms with van der Waals surface area (Å²) in [5.41, 5.74) is 1.84. The van der Waals surface area contributed by atoms with Crippen LogP contribution in [0.3, 0.4) is 0 Å². The van der Waals surface area contributed by atoms with Crippen molar-refractivity contribution in [3.05, 3.63) is 35.6 Å². The van der Waals surface area contributed by atoms with Gasteiger partial charge in [0.05, 0.1) is 6.54 Å². The fourth-order valence-corrected chi connectivity index (χ4v) is 2.04. The Labute approximate surface area is 145 Å². The molecule has 0 aliphatic heterocycles. The molecule has 2 rings (SSSR count). The molecule has 0 radical (unpaired) electrons. The number of hydrogen-bond acceptors (Lipinski definition) is 2. The van der Waals surface area contributed by atoms with E-state index in [1.807, 2.05) is 38.1 Å². The molecule has 1 heterocycles. The number of rotatable bonds is 5. The van der Waals surface area contributed by atoms with E-state index in [1.54, 1.807) is 0 Å². The zero-order chi connectivity index (χ0) is 15.2. The molecule has 22 heavy (non-hydrogen) atoms. The van der Waals surface area contributed by atoms with Gasteiger partial charge in [0, 0.05) is 17.5 Å². The van der Waals surface area contributed by atoms with E-state index in [-0.39, 0.29) is 24.0 Å². The van der Waals surface area contributed by atoms with Crippen LogP contribution in [0.5, 0.6) is 0 Å². The average Bonchev–Trinajstić information content (AvgIpc) is 2.79. The maximum absolute atomic E-state index is 12.2. The number of alkyl halides is 2. The van der Waals surface area contributed by atoms with E-state index in [4.69, 9.17) is 4.42 Å². The van der Waals surface area contributed by atoms with Gasteiger partial charge < -0.3 is 15.1 Å². The van der Waals surface area contributed by atoms with Crippen LogP contribution in [-0.4, -0.2) is 25.5 Å². The second-order valence-electron chi connectivity index (χ2n) is 4.61. The van der Waals surface area contributed by atoms with Crippen molar-refractivity contribution in [3.63, 3.8) is 0 Å². The van der Waals surface area contributed by atoms with Crippen molar-refractivity contribution < 1.29 is 13.2 Å². The van der Waals surface area contributed by atoms with Gasteiger partial charge in [-0.3, -0.25) is 0 Å². The lowest BCUT2D eigenvalue weighted by Crippen LogP contribution is -2.39. The highest BCUT2D eigenvalue weighted by molar-refractivity contribution is 14.0. The second-order valence-corrected chi connectivity index (χ2v) is 4.61. The lowest BCUT2D eigenvalue weighted by molar-refractivity contribution is 0.152. The molecule has 0 atom stereocenters. The summed E-state index contributed by atoms with van der Waals surface area (Å²) in [7, 11) is 0. The number of fused-ring (bicyclic) bond motifs is 1. The Morgan fingerprint density at radius 2 is 2.00 bits per heavy atom. The maximum Gasteiger partial charge on any atom is 0.255 e. The van der Waals surface area contributed by atoms with Gasteiger partial charge in [0.25, 0.3) is 6.43 Å². The van der Waals surface area contributed by atoms with Crippen molar-refractivity contribution in [2.75, 3.05) is 13.1 Å². The number of halogens is 3. The molecule has 7 heteroatoms. The van der Waals surface area contributed by atoms with Gasteiger partial charge in [0.15, 0.2) is 5.96 Å². The molecule has 0 saturated heterocycles. The van der Waals surface area contributed by atoms with Gasteiger partial charge >= 0.3 is 0 Å². The van der Waals surface area contributed by atoms with Gasteiger partial charge in [-0.25, -0.2) is 13.8 Å². The van der Waals surface area contributed by atoms with Crippen molar-refractivity contribution >= 4 is 40.9 Å². The number of aryl methyl sites for hydroxylation is 1. The lowest BCUT2D eigenvalue weighted by Gasteiger charge is -2.10. The number of para-hydroxylation sites is 1. The lowest BCUT2D eigenvalue weighted by atomic mass is 10.1. The zero-order valence-corrected chi connectivity index (χ0v) is 14.9. The number of furan rings is 1. The Kier molecular flexibility index (Phi) is 7.57. The van der Waals surface area contributed by atoms with Crippen molar-refractivity contribution in [1.82, 2.24) is 10.6 Å². The van der Waals surface area contributed by atoms with Gasteiger partial charge in [-0.15, -0.1) is 24.0 Å². The Morgan fingerprint density at radius 3 is 2.64 bits per heavy atom. The van der Waals surface area contributed by atoms with Gasteiger partial charge in [0.1, 0.15) is 17.9 Å². The summed E-state index contributed by atoms with van der Waals surface area (Å²) in [5.74, 6) is 1.10. The van der Waals surface area contributed by atoms with E-state index in [2.05, 4.69) is 15.6 Å². The number of guanidine groups is 1. The fourth-order valence-electron chi connectivity index (χ4n) is 2.04. The molecular formula is C15H20F2IN3O. The summed E-state index contributed by atoms with van der Waals surface area (Å²) in [4.78, 5) is 4.28. The SMILES string of the molecule is CCNC(=NCc1oc2ccccc2c1C)NCC(F)F.I.